The van der Waals surface area contributed by atoms with Crippen LogP contribution in [0.5, 0.6) is 0 Å². The molecule has 20 heavy (non-hydrogen) atoms. The number of carbonyl (C=O) groups is 1. The Morgan fingerprint density at radius 1 is 1.40 bits per heavy atom. The summed E-state index contributed by atoms with van der Waals surface area (Å²) >= 11 is 0. The number of nitro benzene ring substituents is 1. The fourth-order valence-electron chi connectivity index (χ4n) is 2.48. The Kier molecular flexibility index (Phi) is 4.52. The van der Waals surface area contributed by atoms with Crippen molar-refractivity contribution in [3.63, 3.8) is 0 Å². The Balaban J connectivity index is 2.20. The molecule has 1 saturated heterocycles. The maximum atomic E-state index is 11.4. The van der Waals surface area contributed by atoms with Gasteiger partial charge in [0.2, 0.25) is 0 Å². The van der Waals surface area contributed by atoms with Gasteiger partial charge in [0.1, 0.15) is 0 Å². The molecule has 1 aromatic carbocycles. The minimum Gasteiger partial charge on any atom is -0.465 e. The molecule has 0 radical (unpaired) electrons. The molecule has 108 valence electrons. The van der Waals surface area contributed by atoms with Crippen molar-refractivity contribution in [3.8, 4) is 0 Å². The maximum absolute atomic E-state index is 11.4. The molecule has 1 aliphatic rings. The number of nitrogens with one attached hydrogen (secondary N) is 1. The van der Waals surface area contributed by atoms with Crippen LogP contribution in [0.15, 0.2) is 24.3 Å². The summed E-state index contributed by atoms with van der Waals surface area (Å²) in [4.78, 5) is 23.2. The predicted octanol–water partition coefficient (Wildman–Crippen LogP) is 1.83. The third kappa shape index (κ3) is 3.24. The van der Waals surface area contributed by atoms with Gasteiger partial charge in [-0.2, -0.15) is 0 Å². The summed E-state index contributed by atoms with van der Waals surface area (Å²) in [6, 6.07) is 6.18. The fraction of sp³-hybridized carbons (Fsp3) is 0.462. The first-order valence-corrected chi connectivity index (χ1v) is 6.52. The molecule has 7 nitrogen and oxygen atoms in total. The van der Waals surface area contributed by atoms with Gasteiger partial charge in [-0.25, -0.2) is 4.79 Å². The van der Waals surface area contributed by atoms with E-state index in [2.05, 4.69) is 5.32 Å². The Bertz CT molecular complexity index is 500. The topological polar surface area (TPSA) is 95.7 Å². The van der Waals surface area contributed by atoms with Crippen molar-refractivity contribution in [1.29, 1.82) is 0 Å². The highest BCUT2D eigenvalue weighted by Crippen LogP contribution is 2.22. The van der Waals surface area contributed by atoms with E-state index in [1.165, 1.54) is 11.0 Å². The van der Waals surface area contributed by atoms with Gasteiger partial charge >= 0.3 is 6.09 Å². The summed E-state index contributed by atoms with van der Waals surface area (Å²) in [5, 5.41) is 23.5. The van der Waals surface area contributed by atoms with E-state index in [1.54, 1.807) is 18.2 Å². The minimum absolute atomic E-state index is 0.0346. The van der Waals surface area contributed by atoms with E-state index in [1.807, 2.05) is 0 Å². The van der Waals surface area contributed by atoms with Crippen molar-refractivity contribution < 1.29 is 14.8 Å². The first-order chi connectivity index (χ1) is 9.59. The number of nitro groups is 1. The lowest BCUT2D eigenvalue weighted by atomic mass is 10.0. The highest BCUT2D eigenvalue weighted by Gasteiger charge is 2.27. The largest absolute Gasteiger partial charge is 0.465 e. The fourth-order valence-corrected chi connectivity index (χ4v) is 2.48. The van der Waals surface area contributed by atoms with Crippen LogP contribution in [-0.4, -0.2) is 40.2 Å². The second-order valence-corrected chi connectivity index (χ2v) is 4.78. The van der Waals surface area contributed by atoms with E-state index in [0.29, 0.717) is 5.56 Å². The number of hydrogen-bond donors (Lipinski definition) is 2. The number of para-hydroxylation sites is 1. The smallest absolute Gasteiger partial charge is 0.407 e. The van der Waals surface area contributed by atoms with Gasteiger partial charge in [0.25, 0.3) is 5.69 Å². The van der Waals surface area contributed by atoms with Crippen LogP contribution in [0, 0.1) is 10.1 Å². The average molecular weight is 279 g/mol. The zero-order valence-corrected chi connectivity index (χ0v) is 11.0. The molecule has 1 aromatic rings. The Labute approximate surface area is 116 Å². The number of carboxylic acid groups (broad SMARTS) is 1. The van der Waals surface area contributed by atoms with Crippen molar-refractivity contribution in [2.75, 3.05) is 13.1 Å². The first kappa shape index (κ1) is 14.3. The molecule has 0 atom stereocenters. The third-order valence-corrected chi connectivity index (χ3v) is 3.52. The van der Waals surface area contributed by atoms with Crippen LogP contribution in [0.2, 0.25) is 0 Å². The zero-order chi connectivity index (χ0) is 14.5. The molecular weight excluding hydrogens is 262 g/mol. The van der Waals surface area contributed by atoms with E-state index in [0.717, 1.165) is 25.9 Å². The van der Waals surface area contributed by atoms with E-state index in [9.17, 15) is 20.0 Å². The molecule has 1 fully saturated rings. The van der Waals surface area contributed by atoms with Crippen LogP contribution in [0.4, 0.5) is 10.5 Å². The van der Waals surface area contributed by atoms with E-state index in [-0.39, 0.29) is 18.3 Å². The molecule has 0 aromatic heterocycles. The highest BCUT2D eigenvalue weighted by molar-refractivity contribution is 5.66. The van der Waals surface area contributed by atoms with Gasteiger partial charge in [-0.3, -0.25) is 10.1 Å². The normalized spacial score (nSPS) is 15.8. The molecule has 0 saturated carbocycles. The molecule has 0 unspecified atom stereocenters. The van der Waals surface area contributed by atoms with Crippen molar-refractivity contribution >= 4 is 11.8 Å². The van der Waals surface area contributed by atoms with Crippen LogP contribution in [0.1, 0.15) is 18.4 Å². The Morgan fingerprint density at radius 3 is 2.65 bits per heavy atom. The molecule has 0 spiro atoms. The second-order valence-electron chi connectivity index (χ2n) is 4.78. The quantitative estimate of drug-likeness (QED) is 0.647. The lowest BCUT2D eigenvalue weighted by Gasteiger charge is -2.32. The minimum atomic E-state index is -1.03. The maximum Gasteiger partial charge on any atom is 0.407 e. The van der Waals surface area contributed by atoms with Gasteiger partial charge in [0.15, 0.2) is 0 Å². The van der Waals surface area contributed by atoms with Crippen LogP contribution < -0.4 is 5.32 Å². The standard InChI is InChI=1S/C13H17N3O4/c17-13(18)15(11-5-7-14-8-6-11)9-10-3-1-2-4-12(10)16(19)20/h1-4,11,14H,5-9H2,(H,17,18). The van der Waals surface area contributed by atoms with E-state index < -0.39 is 11.0 Å². The summed E-state index contributed by atoms with van der Waals surface area (Å²) in [6.45, 7) is 1.59. The summed E-state index contributed by atoms with van der Waals surface area (Å²) in [7, 11) is 0. The SMILES string of the molecule is O=C(O)N(Cc1ccccc1[N+](=O)[O-])C1CCNCC1. The van der Waals surface area contributed by atoms with Crippen LogP contribution in [0.3, 0.4) is 0 Å². The molecule has 0 bridgehead atoms. The lowest BCUT2D eigenvalue weighted by Crippen LogP contribution is -2.45. The van der Waals surface area contributed by atoms with E-state index >= 15 is 0 Å². The summed E-state index contributed by atoms with van der Waals surface area (Å²) in [5.41, 5.74) is 0.395. The van der Waals surface area contributed by atoms with Gasteiger partial charge in [-0.05, 0) is 25.9 Å². The van der Waals surface area contributed by atoms with Gasteiger partial charge in [0.05, 0.1) is 11.5 Å². The predicted molar refractivity (Wildman–Crippen MR) is 72.6 cm³/mol. The Hall–Kier alpha value is -2.15. The molecule has 7 heteroatoms. The van der Waals surface area contributed by atoms with Crippen LogP contribution >= 0.6 is 0 Å². The van der Waals surface area contributed by atoms with E-state index in [4.69, 9.17) is 0 Å². The number of hydrogen-bond acceptors (Lipinski definition) is 4. The zero-order valence-electron chi connectivity index (χ0n) is 11.0. The monoisotopic (exact) mass is 279 g/mol. The average Bonchev–Trinajstić information content (AvgIpc) is 2.45. The summed E-state index contributed by atoms with van der Waals surface area (Å²) < 4.78 is 0. The second kappa shape index (κ2) is 6.33. The van der Waals surface area contributed by atoms with Gasteiger partial charge in [-0.15, -0.1) is 0 Å². The molecule has 1 amide bonds. The van der Waals surface area contributed by atoms with Gasteiger partial charge < -0.3 is 15.3 Å². The van der Waals surface area contributed by atoms with Gasteiger partial charge in [0, 0.05) is 17.7 Å². The Morgan fingerprint density at radius 2 is 2.05 bits per heavy atom. The van der Waals surface area contributed by atoms with Crippen molar-refractivity contribution in [2.24, 2.45) is 0 Å². The van der Waals surface area contributed by atoms with Crippen LogP contribution in [0.25, 0.3) is 0 Å². The number of nitrogens with zero attached hydrogens (tertiary/aromatic N) is 2. The van der Waals surface area contributed by atoms with Crippen molar-refractivity contribution in [3.05, 3.63) is 39.9 Å². The number of amides is 1. The first-order valence-electron chi connectivity index (χ1n) is 6.52. The third-order valence-electron chi connectivity index (χ3n) is 3.52. The molecule has 2 rings (SSSR count). The summed E-state index contributed by atoms with van der Waals surface area (Å²) in [5.74, 6) is 0. The lowest BCUT2D eigenvalue weighted by molar-refractivity contribution is -0.385. The molecule has 1 aliphatic heterocycles. The highest BCUT2D eigenvalue weighted by atomic mass is 16.6. The molecule has 0 aliphatic carbocycles. The number of rotatable bonds is 4. The van der Waals surface area contributed by atoms with Crippen molar-refractivity contribution in [1.82, 2.24) is 10.2 Å². The van der Waals surface area contributed by atoms with Gasteiger partial charge in [-0.1, -0.05) is 18.2 Å². The van der Waals surface area contributed by atoms with Crippen LogP contribution in [-0.2, 0) is 6.54 Å². The molecular formula is C13H17N3O4. The van der Waals surface area contributed by atoms with Crippen molar-refractivity contribution in [2.45, 2.75) is 25.4 Å². The molecule has 2 N–H and O–H groups in total. The summed E-state index contributed by atoms with van der Waals surface area (Å²) in [6.07, 6.45) is 0.426. The number of benzene rings is 1. The molecule has 1 heterocycles. The number of piperidine rings is 1.